The first kappa shape index (κ1) is 24.5. The minimum Gasteiger partial charge on any atom is -0.451 e. The second kappa shape index (κ2) is 7.68. The molecule has 7 nitrogen and oxygen atoms in total. The third-order valence-electron chi connectivity index (χ3n) is 9.15. The second-order valence-electron chi connectivity index (χ2n) is 11.1. The number of carbonyl (C=O) groups excluding carboxylic acids is 2. The topological polar surface area (TPSA) is 117 Å². The van der Waals surface area contributed by atoms with Crippen molar-refractivity contribution < 1.29 is 29.6 Å². The van der Waals surface area contributed by atoms with Crippen LogP contribution in [0.5, 0.6) is 0 Å². The van der Waals surface area contributed by atoms with E-state index in [-0.39, 0.29) is 28.6 Å². The van der Waals surface area contributed by atoms with Crippen LogP contribution in [0.3, 0.4) is 0 Å². The van der Waals surface area contributed by atoms with Gasteiger partial charge in [0.1, 0.15) is 14.6 Å². The summed E-state index contributed by atoms with van der Waals surface area (Å²) in [6, 6.07) is 0. The number of halogens is 1. The summed E-state index contributed by atoms with van der Waals surface area (Å²) in [5.74, 6) is -1.27. The number of carbonyl (C=O) groups is 2. The molecule has 0 radical (unpaired) electrons. The molecular weight excluding hydrogens is 569 g/mol. The Morgan fingerprint density at radius 2 is 2.03 bits per heavy atom. The Morgan fingerprint density at radius 3 is 2.62 bits per heavy atom. The molecule has 0 aliphatic heterocycles. The predicted molar refractivity (Wildman–Crippen MR) is 134 cm³/mol. The van der Waals surface area contributed by atoms with Gasteiger partial charge in [-0.1, -0.05) is 32.9 Å². The fourth-order valence-electron chi connectivity index (χ4n) is 7.33. The van der Waals surface area contributed by atoms with Crippen molar-refractivity contribution in [2.24, 2.45) is 34.5 Å². The van der Waals surface area contributed by atoms with Crippen molar-refractivity contribution in [1.82, 2.24) is 4.37 Å². The zero-order chi connectivity index (χ0) is 25.0. The van der Waals surface area contributed by atoms with E-state index in [1.165, 1.54) is 11.5 Å². The third kappa shape index (κ3) is 2.87. The Morgan fingerprint density at radius 1 is 1.35 bits per heavy atom. The molecule has 4 aliphatic carbocycles. The van der Waals surface area contributed by atoms with Gasteiger partial charge in [0.05, 0.1) is 17.7 Å². The molecule has 9 heteroatoms. The minimum atomic E-state index is -2.13. The van der Waals surface area contributed by atoms with E-state index >= 15 is 0 Å². The lowest BCUT2D eigenvalue weighted by atomic mass is 9.59. The monoisotopic (exact) mass is 599 g/mol. The number of ether oxygens (including phenoxy) is 1. The van der Waals surface area contributed by atoms with E-state index in [1.54, 1.807) is 26.0 Å². The average molecular weight is 599 g/mol. The highest BCUT2D eigenvalue weighted by atomic mass is 127. The summed E-state index contributed by atoms with van der Waals surface area (Å²) in [7, 11) is 0. The van der Waals surface area contributed by atoms with Gasteiger partial charge in [-0.2, -0.15) is 4.37 Å². The zero-order valence-corrected chi connectivity index (χ0v) is 22.8. The molecule has 1 spiro atoms. The molecule has 5 rings (SSSR count). The van der Waals surface area contributed by atoms with Crippen LogP contribution in [-0.4, -0.2) is 55.9 Å². The maximum Gasteiger partial charge on any atom is 0.342 e. The van der Waals surface area contributed by atoms with Crippen molar-refractivity contribution in [3.05, 3.63) is 37.4 Å². The lowest BCUT2D eigenvalue weighted by molar-refractivity contribution is -0.190. The molecule has 2 fully saturated rings. The Kier molecular flexibility index (Phi) is 5.54. The number of fused-ring (bicyclic) bond motifs is 3. The van der Waals surface area contributed by atoms with Gasteiger partial charge < -0.3 is 20.1 Å². The van der Waals surface area contributed by atoms with Crippen LogP contribution >= 0.6 is 34.1 Å². The summed E-state index contributed by atoms with van der Waals surface area (Å²) >= 11 is 3.21. The van der Waals surface area contributed by atoms with Crippen molar-refractivity contribution in [3.63, 3.8) is 0 Å². The number of hydrogen-bond acceptors (Lipinski definition) is 8. The van der Waals surface area contributed by atoms with E-state index in [2.05, 4.69) is 18.2 Å². The second-order valence-corrected chi connectivity index (χ2v) is 13.7. The first-order valence-corrected chi connectivity index (χ1v) is 13.5. The van der Waals surface area contributed by atoms with Gasteiger partial charge in [-0.05, 0) is 88.7 Å². The van der Waals surface area contributed by atoms with Gasteiger partial charge in [-0.15, -0.1) is 0 Å². The number of ketones is 1. The highest BCUT2D eigenvalue weighted by Crippen LogP contribution is 2.71. The fourth-order valence-corrected chi connectivity index (χ4v) is 8.87. The van der Waals surface area contributed by atoms with Crippen LogP contribution in [0.1, 0.15) is 50.2 Å². The molecule has 3 N–H and O–H groups in total. The largest absolute Gasteiger partial charge is 0.451 e. The normalized spacial score (nSPS) is 42.1. The van der Waals surface area contributed by atoms with Gasteiger partial charge in [0.2, 0.25) is 0 Å². The summed E-state index contributed by atoms with van der Waals surface area (Å²) in [5, 5.41) is 34.1. The fraction of sp³-hybridized carbons (Fsp3) is 0.640. The highest BCUT2D eigenvalue weighted by molar-refractivity contribution is 14.1. The van der Waals surface area contributed by atoms with Crippen molar-refractivity contribution >= 4 is 45.9 Å². The van der Waals surface area contributed by atoms with Crippen LogP contribution in [0, 0.1) is 44.3 Å². The molecule has 8 atom stereocenters. The van der Waals surface area contributed by atoms with E-state index in [9.17, 15) is 24.9 Å². The van der Waals surface area contributed by atoms with E-state index in [1.807, 2.05) is 29.5 Å². The maximum atomic E-state index is 14.3. The summed E-state index contributed by atoms with van der Waals surface area (Å²) in [4.78, 5) is 27.5. The first-order chi connectivity index (χ1) is 15.8. The SMILES string of the molecule is CC1=C[C@]23C(=O)[C@@H](C=C(CO)[C@@H](O)[C@]2(O)[C@H]1OC(=O)c1c(C)nsc1I)[C@H]1[C@@H](C[C@H]3C)C1(C)C. The average Bonchev–Trinajstić information content (AvgIpc) is 3.05. The smallest absolute Gasteiger partial charge is 0.342 e. The minimum absolute atomic E-state index is 0.0376. The van der Waals surface area contributed by atoms with E-state index < -0.39 is 41.7 Å². The van der Waals surface area contributed by atoms with Crippen molar-refractivity contribution in [2.75, 3.05) is 6.61 Å². The molecule has 1 heterocycles. The van der Waals surface area contributed by atoms with Gasteiger partial charge in [0, 0.05) is 5.92 Å². The van der Waals surface area contributed by atoms with Gasteiger partial charge in [-0.25, -0.2) is 4.79 Å². The van der Waals surface area contributed by atoms with Crippen molar-refractivity contribution in [3.8, 4) is 0 Å². The number of Topliss-reactive ketones (excluding diaryl/α,β-unsaturated/α-hetero) is 1. The number of aromatic nitrogens is 1. The lowest BCUT2D eigenvalue weighted by Crippen LogP contribution is -2.65. The van der Waals surface area contributed by atoms with Gasteiger partial charge in [0.15, 0.2) is 17.5 Å². The summed E-state index contributed by atoms with van der Waals surface area (Å²) in [5.41, 5.74) is -2.02. The van der Waals surface area contributed by atoms with Crippen LogP contribution in [-0.2, 0) is 9.53 Å². The van der Waals surface area contributed by atoms with Gasteiger partial charge >= 0.3 is 5.97 Å². The van der Waals surface area contributed by atoms with E-state index in [0.717, 1.165) is 0 Å². The number of nitrogens with zero attached hydrogens (tertiary/aromatic N) is 1. The Labute approximate surface area is 216 Å². The highest BCUT2D eigenvalue weighted by Gasteiger charge is 2.76. The van der Waals surface area contributed by atoms with Gasteiger partial charge in [-0.3, -0.25) is 4.79 Å². The molecule has 0 aromatic carbocycles. The number of hydrogen-bond donors (Lipinski definition) is 3. The molecule has 1 aromatic heterocycles. The predicted octanol–water partition coefficient (Wildman–Crippen LogP) is 3.05. The zero-order valence-electron chi connectivity index (χ0n) is 19.8. The third-order valence-corrected chi connectivity index (χ3v) is 11.0. The molecule has 0 amide bonds. The van der Waals surface area contributed by atoms with Crippen LogP contribution in [0.2, 0.25) is 0 Å². The molecule has 0 saturated heterocycles. The molecular formula is C25H30INO6S. The molecule has 2 saturated carbocycles. The lowest BCUT2D eigenvalue weighted by Gasteiger charge is -2.48. The first-order valence-electron chi connectivity index (χ1n) is 11.6. The number of aryl methyl sites for hydroxylation is 1. The van der Waals surface area contributed by atoms with Crippen molar-refractivity contribution in [1.29, 1.82) is 0 Å². The Bertz CT molecular complexity index is 1140. The summed E-state index contributed by atoms with van der Waals surface area (Å²) in [6.45, 7) is 9.19. The number of esters is 1. The van der Waals surface area contributed by atoms with Crippen LogP contribution < -0.4 is 0 Å². The molecule has 0 unspecified atom stereocenters. The molecule has 2 bridgehead atoms. The van der Waals surface area contributed by atoms with Gasteiger partial charge in [0.25, 0.3) is 0 Å². The summed E-state index contributed by atoms with van der Waals surface area (Å²) in [6.07, 6.45) is 1.32. The quantitative estimate of drug-likeness (QED) is 0.278. The molecule has 184 valence electrons. The Balaban J connectivity index is 1.65. The van der Waals surface area contributed by atoms with E-state index in [4.69, 9.17) is 4.74 Å². The number of allylic oxidation sites excluding steroid dienone is 1. The van der Waals surface area contributed by atoms with Crippen LogP contribution in [0.25, 0.3) is 0 Å². The van der Waals surface area contributed by atoms with Crippen LogP contribution in [0.4, 0.5) is 0 Å². The maximum absolute atomic E-state index is 14.3. The Hall–Kier alpha value is -1.14. The van der Waals surface area contributed by atoms with E-state index in [0.29, 0.717) is 32.1 Å². The number of rotatable bonds is 3. The summed E-state index contributed by atoms with van der Waals surface area (Å²) < 4.78 is 10.8. The van der Waals surface area contributed by atoms with Crippen LogP contribution in [0.15, 0.2) is 23.3 Å². The molecule has 4 aliphatic rings. The molecule has 1 aromatic rings. The number of aliphatic hydroxyl groups is 3. The molecule has 34 heavy (non-hydrogen) atoms. The standard InChI is InChI=1S/C25H30INO6S/c1-10-8-24-11(2)6-15-17(23(15,4)5)14(19(24)30)7-13(9-28)18(29)25(24,32)20(10)33-22(31)16-12(3)27-34-21(16)26/h7-8,11,14-15,17-18,20,28-29,32H,6,9H2,1-5H3/t11-,14+,15-,17+,18-,20+,24+,25+/m1/s1. The van der Waals surface area contributed by atoms with Crippen molar-refractivity contribution in [2.45, 2.75) is 58.8 Å². The number of aliphatic hydroxyl groups excluding tert-OH is 2.